The zero-order valence-electron chi connectivity index (χ0n) is 10.5. The standard InChI is InChI=1S/C14H17ClN2O/c1-9-11(15)5-6-12-14(9)17-13(16-12)8-10-4-2-3-7-18-10/h5-6,10H,2-4,7-8H2,1H3,(H,16,17). The molecule has 0 bridgehead atoms. The third kappa shape index (κ3) is 2.25. The highest BCUT2D eigenvalue weighted by Crippen LogP contribution is 2.24. The number of fused-ring (bicyclic) bond motifs is 1. The summed E-state index contributed by atoms with van der Waals surface area (Å²) in [4.78, 5) is 8.01. The number of aryl methyl sites for hydroxylation is 1. The molecular formula is C14H17ClN2O. The number of rotatable bonds is 2. The van der Waals surface area contributed by atoms with E-state index in [1.54, 1.807) is 0 Å². The van der Waals surface area contributed by atoms with Gasteiger partial charge in [0, 0.05) is 18.1 Å². The zero-order valence-corrected chi connectivity index (χ0v) is 11.3. The van der Waals surface area contributed by atoms with Crippen LogP contribution in [0.3, 0.4) is 0 Å². The van der Waals surface area contributed by atoms with E-state index >= 15 is 0 Å². The number of nitrogens with one attached hydrogen (secondary N) is 1. The summed E-state index contributed by atoms with van der Waals surface area (Å²) in [5, 5.41) is 0.773. The monoisotopic (exact) mass is 264 g/mol. The van der Waals surface area contributed by atoms with Crippen molar-refractivity contribution in [3.63, 3.8) is 0 Å². The van der Waals surface area contributed by atoms with Crippen LogP contribution < -0.4 is 0 Å². The predicted octanol–water partition coefficient (Wildman–Crippen LogP) is 3.64. The molecule has 0 amide bonds. The smallest absolute Gasteiger partial charge is 0.109 e. The van der Waals surface area contributed by atoms with Crippen molar-refractivity contribution in [3.8, 4) is 0 Å². The van der Waals surface area contributed by atoms with Gasteiger partial charge < -0.3 is 9.72 Å². The van der Waals surface area contributed by atoms with Gasteiger partial charge in [0.1, 0.15) is 5.82 Å². The Morgan fingerprint density at radius 1 is 1.44 bits per heavy atom. The van der Waals surface area contributed by atoms with Gasteiger partial charge in [-0.1, -0.05) is 11.6 Å². The maximum Gasteiger partial charge on any atom is 0.109 e. The van der Waals surface area contributed by atoms with Crippen molar-refractivity contribution in [2.45, 2.75) is 38.7 Å². The van der Waals surface area contributed by atoms with Gasteiger partial charge in [0.05, 0.1) is 17.1 Å². The number of imidazole rings is 1. The van der Waals surface area contributed by atoms with Crippen molar-refractivity contribution < 1.29 is 4.74 Å². The molecule has 0 radical (unpaired) electrons. The first-order valence-corrected chi connectivity index (χ1v) is 6.87. The first-order chi connectivity index (χ1) is 8.74. The number of aromatic nitrogens is 2. The normalized spacial score (nSPS) is 20.4. The number of halogens is 1. The van der Waals surface area contributed by atoms with E-state index in [9.17, 15) is 0 Å². The Morgan fingerprint density at radius 3 is 3.11 bits per heavy atom. The number of nitrogens with zero attached hydrogens (tertiary/aromatic N) is 1. The van der Waals surface area contributed by atoms with E-state index in [1.165, 1.54) is 12.8 Å². The van der Waals surface area contributed by atoms with Crippen molar-refractivity contribution in [2.24, 2.45) is 0 Å². The van der Waals surface area contributed by atoms with Gasteiger partial charge in [-0.2, -0.15) is 0 Å². The van der Waals surface area contributed by atoms with Crippen LogP contribution in [0.15, 0.2) is 12.1 Å². The topological polar surface area (TPSA) is 37.9 Å². The van der Waals surface area contributed by atoms with Gasteiger partial charge in [-0.3, -0.25) is 0 Å². The fourth-order valence-corrected chi connectivity index (χ4v) is 2.67. The van der Waals surface area contributed by atoms with E-state index in [2.05, 4.69) is 9.97 Å². The molecule has 3 nitrogen and oxygen atoms in total. The minimum atomic E-state index is 0.315. The molecule has 1 aromatic carbocycles. The Morgan fingerprint density at radius 2 is 2.33 bits per heavy atom. The van der Waals surface area contributed by atoms with Crippen LogP contribution >= 0.6 is 11.6 Å². The molecule has 1 aromatic heterocycles. The molecule has 0 saturated carbocycles. The number of benzene rings is 1. The second-order valence-electron chi connectivity index (χ2n) is 4.94. The molecule has 2 heterocycles. The van der Waals surface area contributed by atoms with Gasteiger partial charge in [-0.05, 0) is 43.9 Å². The Hall–Kier alpha value is -1.06. The molecule has 1 atom stereocenters. The number of aromatic amines is 1. The van der Waals surface area contributed by atoms with Crippen LogP contribution in [0.2, 0.25) is 5.02 Å². The fraction of sp³-hybridized carbons (Fsp3) is 0.500. The SMILES string of the molecule is Cc1c(Cl)ccc2[nH]c(CC3CCCCO3)nc12. The molecule has 3 rings (SSSR count). The van der Waals surface area contributed by atoms with Crippen molar-refractivity contribution in [1.82, 2.24) is 9.97 Å². The maximum atomic E-state index is 6.11. The Labute approximate surface area is 112 Å². The molecule has 1 N–H and O–H groups in total. The van der Waals surface area contributed by atoms with Crippen molar-refractivity contribution >= 4 is 22.6 Å². The summed E-state index contributed by atoms with van der Waals surface area (Å²) < 4.78 is 5.75. The second kappa shape index (κ2) is 4.90. The molecule has 0 spiro atoms. The van der Waals surface area contributed by atoms with Gasteiger partial charge in [0.25, 0.3) is 0 Å². The lowest BCUT2D eigenvalue weighted by molar-refractivity contribution is 0.0158. The van der Waals surface area contributed by atoms with Gasteiger partial charge in [0.15, 0.2) is 0 Å². The van der Waals surface area contributed by atoms with E-state index in [1.807, 2.05) is 19.1 Å². The molecule has 96 valence electrons. The summed E-state index contributed by atoms with van der Waals surface area (Å²) in [6.45, 7) is 2.89. The minimum absolute atomic E-state index is 0.315. The van der Waals surface area contributed by atoms with E-state index in [0.29, 0.717) is 6.10 Å². The second-order valence-corrected chi connectivity index (χ2v) is 5.35. The fourth-order valence-electron chi connectivity index (χ4n) is 2.52. The lowest BCUT2D eigenvalue weighted by Crippen LogP contribution is -2.21. The molecule has 1 unspecified atom stereocenters. The first-order valence-electron chi connectivity index (χ1n) is 6.49. The van der Waals surface area contributed by atoms with Crippen molar-refractivity contribution in [2.75, 3.05) is 6.61 Å². The molecule has 1 fully saturated rings. The van der Waals surface area contributed by atoms with Crippen LogP contribution in [0.4, 0.5) is 0 Å². The van der Waals surface area contributed by atoms with Crippen molar-refractivity contribution in [1.29, 1.82) is 0 Å². The Kier molecular flexibility index (Phi) is 3.27. The average Bonchev–Trinajstić information content (AvgIpc) is 2.79. The minimum Gasteiger partial charge on any atom is -0.378 e. The number of H-pyrrole nitrogens is 1. The lowest BCUT2D eigenvalue weighted by atomic mass is 10.1. The largest absolute Gasteiger partial charge is 0.378 e. The number of ether oxygens (including phenoxy) is 1. The summed E-state index contributed by atoms with van der Waals surface area (Å²) in [7, 11) is 0. The first kappa shape index (κ1) is 12.0. The lowest BCUT2D eigenvalue weighted by Gasteiger charge is -2.21. The molecule has 4 heteroatoms. The third-order valence-electron chi connectivity index (χ3n) is 3.59. The summed E-state index contributed by atoms with van der Waals surface area (Å²) in [5.74, 6) is 1.00. The zero-order chi connectivity index (χ0) is 12.5. The summed E-state index contributed by atoms with van der Waals surface area (Å²) in [5.41, 5.74) is 3.08. The molecule has 18 heavy (non-hydrogen) atoms. The van der Waals surface area contributed by atoms with E-state index in [0.717, 1.165) is 46.9 Å². The molecule has 1 saturated heterocycles. The van der Waals surface area contributed by atoms with Crippen LogP contribution in [0.1, 0.15) is 30.7 Å². The van der Waals surface area contributed by atoms with Gasteiger partial charge in [-0.15, -0.1) is 0 Å². The maximum absolute atomic E-state index is 6.11. The van der Waals surface area contributed by atoms with Crippen LogP contribution in [-0.2, 0) is 11.2 Å². The molecule has 2 aromatic rings. The highest BCUT2D eigenvalue weighted by Gasteiger charge is 2.17. The summed E-state index contributed by atoms with van der Waals surface area (Å²) >= 11 is 6.11. The summed E-state index contributed by atoms with van der Waals surface area (Å²) in [6, 6.07) is 3.90. The van der Waals surface area contributed by atoms with Crippen molar-refractivity contribution in [3.05, 3.63) is 28.5 Å². The summed E-state index contributed by atoms with van der Waals surface area (Å²) in [6.07, 6.45) is 4.76. The van der Waals surface area contributed by atoms with Crippen LogP contribution in [0.25, 0.3) is 11.0 Å². The van der Waals surface area contributed by atoms with E-state index < -0.39 is 0 Å². The molecule has 1 aliphatic rings. The highest BCUT2D eigenvalue weighted by molar-refractivity contribution is 6.32. The van der Waals surface area contributed by atoms with Gasteiger partial charge in [0.2, 0.25) is 0 Å². The molecule has 1 aliphatic heterocycles. The molecule has 0 aliphatic carbocycles. The Balaban J connectivity index is 1.86. The number of hydrogen-bond acceptors (Lipinski definition) is 2. The molecular weight excluding hydrogens is 248 g/mol. The average molecular weight is 265 g/mol. The van der Waals surface area contributed by atoms with Crippen LogP contribution in [-0.4, -0.2) is 22.7 Å². The van der Waals surface area contributed by atoms with E-state index in [4.69, 9.17) is 16.3 Å². The van der Waals surface area contributed by atoms with Crippen LogP contribution in [0, 0.1) is 6.92 Å². The Bertz CT molecular complexity index is 558. The third-order valence-corrected chi connectivity index (χ3v) is 4.00. The van der Waals surface area contributed by atoms with Crippen LogP contribution in [0.5, 0.6) is 0 Å². The predicted molar refractivity (Wildman–Crippen MR) is 73.1 cm³/mol. The quantitative estimate of drug-likeness (QED) is 0.899. The number of hydrogen-bond donors (Lipinski definition) is 1. The van der Waals surface area contributed by atoms with Gasteiger partial charge >= 0.3 is 0 Å². The van der Waals surface area contributed by atoms with E-state index in [-0.39, 0.29) is 0 Å². The van der Waals surface area contributed by atoms with Gasteiger partial charge in [-0.25, -0.2) is 4.98 Å². The highest BCUT2D eigenvalue weighted by atomic mass is 35.5.